The summed E-state index contributed by atoms with van der Waals surface area (Å²) >= 11 is 0. The van der Waals surface area contributed by atoms with Crippen LogP contribution in [0, 0.1) is 0 Å². The van der Waals surface area contributed by atoms with Crippen LogP contribution in [0.2, 0.25) is 0 Å². The Bertz CT molecular complexity index is 496. The molecule has 0 radical (unpaired) electrons. The molecule has 0 unspecified atom stereocenters. The van der Waals surface area contributed by atoms with Crippen LogP contribution in [0.25, 0.3) is 0 Å². The van der Waals surface area contributed by atoms with Gasteiger partial charge in [0.2, 0.25) is 0 Å². The molecule has 0 aliphatic carbocycles. The zero-order valence-electron chi connectivity index (χ0n) is 11.5. The number of unbranched alkanes of at least 4 members (excludes halogenated alkanes) is 3. The Kier molecular flexibility index (Phi) is 5.76. The van der Waals surface area contributed by atoms with Gasteiger partial charge in [-0.1, -0.05) is 12.8 Å². The lowest BCUT2D eigenvalue weighted by molar-refractivity contribution is 0.0953. The smallest absolute Gasteiger partial charge is 0.251 e. The van der Waals surface area contributed by atoms with Crippen molar-refractivity contribution in [1.29, 1.82) is 0 Å². The number of nitrogens with zero attached hydrogens (tertiary/aromatic N) is 3. The van der Waals surface area contributed by atoms with Crippen LogP contribution in [0.4, 0.5) is 0 Å². The van der Waals surface area contributed by atoms with Gasteiger partial charge in [0.25, 0.3) is 5.91 Å². The molecular formula is C15H20N4O. The van der Waals surface area contributed by atoms with Gasteiger partial charge in [-0.05, 0) is 25.0 Å². The van der Waals surface area contributed by atoms with Crippen LogP contribution in [0.5, 0.6) is 0 Å². The van der Waals surface area contributed by atoms with Gasteiger partial charge >= 0.3 is 0 Å². The molecule has 1 N–H and O–H groups in total. The highest BCUT2D eigenvalue weighted by Gasteiger charge is 2.02. The second kappa shape index (κ2) is 8.09. The van der Waals surface area contributed by atoms with Crippen LogP contribution in [-0.2, 0) is 6.54 Å². The highest BCUT2D eigenvalue weighted by molar-refractivity contribution is 5.93. The van der Waals surface area contributed by atoms with Crippen LogP contribution >= 0.6 is 0 Å². The first kappa shape index (κ1) is 14.2. The fourth-order valence-corrected chi connectivity index (χ4v) is 2.00. The summed E-state index contributed by atoms with van der Waals surface area (Å²) in [5.74, 6) is -0.0224. The van der Waals surface area contributed by atoms with Gasteiger partial charge < -0.3 is 9.88 Å². The van der Waals surface area contributed by atoms with E-state index in [9.17, 15) is 4.79 Å². The predicted octanol–water partition coefficient (Wildman–Crippen LogP) is 2.27. The molecular weight excluding hydrogens is 252 g/mol. The van der Waals surface area contributed by atoms with Crippen LogP contribution in [0.3, 0.4) is 0 Å². The van der Waals surface area contributed by atoms with E-state index in [1.807, 2.05) is 12.5 Å². The van der Waals surface area contributed by atoms with Crippen molar-refractivity contribution in [1.82, 2.24) is 19.9 Å². The molecule has 0 saturated heterocycles. The molecule has 0 saturated carbocycles. The number of carbonyl (C=O) groups excluding carboxylic acids is 1. The first-order valence-electron chi connectivity index (χ1n) is 7.00. The van der Waals surface area contributed by atoms with E-state index >= 15 is 0 Å². The number of aryl methyl sites for hydroxylation is 1. The van der Waals surface area contributed by atoms with E-state index in [0.717, 1.165) is 32.4 Å². The normalized spacial score (nSPS) is 10.4. The maximum absolute atomic E-state index is 11.7. The lowest BCUT2D eigenvalue weighted by Gasteiger charge is -2.05. The lowest BCUT2D eigenvalue weighted by Crippen LogP contribution is -2.24. The van der Waals surface area contributed by atoms with Crippen molar-refractivity contribution in [2.24, 2.45) is 0 Å². The fourth-order valence-electron chi connectivity index (χ4n) is 2.00. The number of hydrogen-bond donors (Lipinski definition) is 1. The molecule has 5 nitrogen and oxygen atoms in total. The van der Waals surface area contributed by atoms with E-state index in [1.54, 1.807) is 30.7 Å². The second-order valence-corrected chi connectivity index (χ2v) is 4.71. The summed E-state index contributed by atoms with van der Waals surface area (Å²) < 4.78 is 2.09. The molecule has 2 rings (SSSR count). The number of imidazole rings is 1. The van der Waals surface area contributed by atoms with E-state index in [0.29, 0.717) is 5.56 Å². The SMILES string of the molecule is O=C(NCCCCCCn1ccnc1)c1ccncc1. The zero-order chi connectivity index (χ0) is 14.0. The standard InChI is InChI=1S/C15H20N4O/c20-15(14-5-8-16-9-6-14)18-7-3-1-2-4-11-19-12-10-17-13-19/h5-6,8-10,12-13H,1-4,7,11H2,(H,18,20). The summed E-state index contributed by atoms with van der Waals surface area (Å²) in [6.45, 7) is 1.75. The molecule has 1 amide bonds. The summed E-state index contributed by atoms with van der Waals surface area (Å²) in [4.78, 5) is 19.6. The van der Waals surface area contributed by atoms with Crippen molar-refractivity contribution < 1.29 is 4.79 Å². The number of pyridine rings is 1. The Labute approximate surface area is 119 Å². The lowest BCUT2D eigenvalue weighted by atomic mass is 10.2. The van der Waals surface area contributed by atoms with Crippen LogP contribution in [-0.4, -0.2) is 27.0 Å². The third-order valence-corrected chi connectivity index (χ3v) is 3.13. The van der Waals surface area contributed by atoms with Gasteiger partial charge in [-0.25, -0.2) is 4.98 Å². The maximum Gasteiger partial charge on any atom is 0.251 e. The van der Waals surface area contributed by atoms with Crippen molar-refractivity contribution in [3.05, 3.63) is 48.8 Å². The first-order chi connectivity index (χ1) is 9.86. The monoisotopic (exact) mass is 272 g/mol. The molecule has 2 heterocycles. The molecule has 0 bridgehead atoms. The highest BCUT2D eigenvalue weighted by Crippen LogP contribution is 2.02. The number of nitrogens with one attached hydrogen (secondary N) is 1. The average molecular weight is 272 g/mol. The molecule has 0 spiro atoms. The minimum Gasteiger partial charge on any atom is -0.352 e. The van der Waals surface area contributed by atoms with E-state index in [1.165, 1.54) is 6.42 Å². The Hall–Kier alpha value is -2.17. The molecule has 106 valence electrons. The van der Waals surface area contributed by atoms with Crippen molar-refractivity contribution >= 4 is 5.91 Å². The molecule has 2 aromatic heterocycles. The van der Waals surface area contributed by atoms with Crippen LogP contribution in [0.15, 0.2) is 43.2 Å². The summed E-state index contributed by atoms with van der Waals surface area (Å²) in [5.41, 5.74) is 0.667. The zero-order valence-corrected chi connectivity index (χ0v) is 11.5. The van der Waals surface area contributed by atoms with Gasteiger partial charge in [-0.15, -0.1) is 0 Å². The number of carbonyl (C=O) groups is 1. The Morgan fingerprint density at radius 2 is 1.85 bits per heavy atom. The summed E-state index contributed by atoms with van der Waals surface area (Å²) in [5, 5.41) is 2.92. The van der Waals surface area contributed by atoms with Gasteiger partial charge in [0.05, 0.1) is 6.33 Å². The van der Waals surface area contributed by atoms with Crippen LogP contribution < -0.4 is 5.32 Å². The molecule has 5 heteroatoms. The first-order valence-corrected chi connectivity index (χ1v) is 7.00. The van der Waals surface area contributed by atoms with Gasteiger partial charge in [-0.3, -0.25) is 9.78 Å². The van der Waals surface area contributed by atoms with E-state index in [2.05, 4.69) is 19.9 Å². The number of hydrogen-bond acceptors (Lipinski definition) is 3. The fraction of sp³-hybridized carbons (Fsp3) is 0.400. The maximum atomic E-state index is 11.7. The number of rotatable bonds is 8. The molecule has 20 heavy (non-hydrogen) atoms. The van der Waals surface area contributed by atoms with Gasteiger partial charge in [0.1, 0.15) is 0 Å². The minimum atomic E-state index is -0.0224. The summed E-state index contributed by atoms with van der Waals surface area (Å²) in [6.07, 6.45) is 13.3. The number of aromatic nitrogens is 3. The van der Waals surface area contributed by atoms with E-state index in [4.69, 9.17) is 0 Å². The molecule has 0 aliphatic rings. The van der Waals surface area contributed by atoms with Gasteiger partial charge in [-0.2, -0.15) is 0 Å². The average Bonchev–Trinajstić information content (AvgIpc) is 3.00. The molecule has 0 atom stereocenters. The third kappa shape index (κ3) is 4.84. The topological polar surface area (TPSA) is 59.8 Å². The largest absolute Gasteiger partial charge is 0.352 e. The molecule has 0 aromatic carbocycles. The van der Waals surface area contributed by atoms with Crippen molar-refractivity contribution in [2.75, 3.05) is 6.54 Å². The predicted molar refractivity (Wildman–Crippen MR) is 77.3 cm³/mol. The molecule has 0 fully saturated rings. The van der Waals surface area contributed by atoms with Gasteiger partial charge in [0, 0.05) is 43.4 Å². The van der Waals surface area contributed by atoms with E-state index < -0.39 is 0 Å². The second-order valence-electron chi connectivity index (χ2n) is 4.71. The minimum absolute atomic E-state index is 0.0224. The highest BCUT2D eigenvalue weighted by atomic mass is 16.1. The molecule has 0 aliphatic heterocycles. The summed E-state index contributed by atoms with van der Waals surface area (Å²) in [7, 11) is 0. The third-order valence-electron chi connectivity index (χ3n) is 3.13. The molecule has 2 aromatic rings. The summed E-state index contributed by atoms with van der Waals surface area (Å²) in [6, 6.07) is 3.45. The van der Waals surface area contributed by atoms with Gasteiger partial charge in [0.15, 0.2) is 0 Å². The van der Waals surface area contributed by atoms with Crippen molar-refractivity contribution in [3.8, 4) is 0 Å². The van der Waals surface area contributed by atoms with Crippen LogP contribution in [0.1, 0.15) is 36.0 Å². The Balaban J connectivity index is 1.50. The Morgan fingerprint density at radius 3 is 2.60 bits per heavy atom. The Morgan fingerprint density at radius 1 is 1.05 bits per heavy atom. The van der Waals surface area contributed by atoms with E-state index in [-0.39, 0.29) is 5.91 Å². The number of amides is 1. The quantitative estimate of drug-likeness (QED) is 0.750. The van der Waals surface area contributed by atoms with Crippen molar-refractivity contribution in [3.63, 3.8) is 0 Å². The van der Waals surface area contributed by atoms with Crippen molar-refractivity contribution in [2.45, 2.75) is 32.2 Å².